The molecule has 19 heavy (non-hydrogen) atoms. The highest BCUT2D eigenvalue weighted by atomic mass is 16.5. The minimum Gasteiger partial charge on any atom is -0.486 e. The van der Waals surface area contributed by atoms with E-state index in [0.717, 1.165) is 11.3 Å². The van der Waals surface area contributed by atoms with Gasteiger partial charge in [-0.25, -0.2) is 0 Å². The first-order valence-corrected chi connectivity index (χ1v) is 6.53. The third kappa shape index (κ3) is 2.90. The van der Waals surface area contributed by atoms with E-state index in [2.05, 4.69) is 32.9 Å². The summed E-state index contributed by atoms with van der Waals surface area (Å²) in [7, 11) is 0. The van der Waals surface area contributed by atoms with E-state index in [9.17, 15) is 0 Å². The molecule has 2 rings (SSSR count). The lowest BCUT2D eigenvalue weighted by Crippen LogP contribution is -2.04. The van der Waals surface area contributed by atoms with Gasteiger partial charge in [0.2, 0.25) is 0 Å². The molecule has 0 aromatic heterocycles. The second-order valence-electron chi connectivity index (χ2n) is 5.16. The fraction of sp³-hybridized carbons (Fsp3) is 0.294. The molecule has 0 atom stereocenters. The largest absolute Gasteiger partial charge is 0.486 e. The van der Waals surface area contributed by atoms with Gasteiger partial charge in [0.05, 0.1) is 5.69 Å². The monoisotopic (exact) mass is 255 g/mol. The number of rotatable bonds is 3. The van der Waals surface area contributed by atoms with Gasteiger partial charge in [0, 0.05) is 0 Å². The fourth-order valence-electron chi connectivity index (χ4n) is 2.45. The molecule has 0 saturated carbocycles. The zero-order valence-electron chi connectivity index (χ0n) is 12.1. The Balaban J connectivity index is 2.24. The van der Waals surface area contributed by atoms with E-state index in [1.165, 1.54) is 22.3 Å². The van der Waals surface area contributed by atoms with Crippen molar-refractivity contribution in [2.24, 2.45) is 0 Å². The van der Waals surface area contributed by atoms with E-state index in [-0.39, 0.29) is 0 Å². The molecule has 0 saturated heterocycles. The zero-order valence-corrected chi connectivity index (χ0v) is 12.1. The Morgan fingerprint density at radius 1 is 0.947 bits per heavy atom. The normalized spacial score (nSPS) is 10.5. The van der Waals surface area contributed by atoms with Crippen LogP contribution in [0.3, 0.4) is 0 Å². The van der Waals surface area contributed by atoms with Crippen LogP contribution in [-0.2, 0) is 6.61 Å². The first-order valence-electron chi connectivity index (χ1n) is 6.53. The zero-order chi connectivity index (χ0) is 14.0. The van der Waals surface area contributed by atoms with Gasteiger partial charge in [-0.3, -0.25) is 0 Å². The summed E-state index contributed by atoms with van der Waals surface area (Å²) in [6, 6.07) is 10.2. The number of aryl methyl sites for hydroxylation is 4. The molecule has 2 N–H and O–H groups in total. The second-order valence-corrected chi connectivity index (χ2v) is 5.16. The van der Waals surface area contributed by atoms with Crippen LogP contribution < -0.4 is 10.5 Å². The van der Waals surface area contributed by atoms with Crippen LogP contribution in [0.2, 0.25) is 0 Å². The summed E-state index contributed by atoms with van der Waals surface area (Å²) in [5.41, 5.74) is 12.8. The molecule has 2 nitrogen and oxygen atoms in total. The highest BCUT2D eigenvalue weighted by Gasteiger charge is 2.08. The van der Waals surface area contributed by atoms with Crippen molar-refractivity contribution in [1.82, 2.24) is 0 Å². The number of nitrogen functional groups attached to an aromatic ring is 1. The minimum atomic E-state index is 0.563. The summed E-state index contributed by atoms with van der Waals surface area (Å²) in [6.45, 7) is 8.94. The summed E-state index contributed by atoms with van der Waals surface area (Å²) in [4.78, 5) is 0. The van der Waals surface area contributed by atoms with Gasteiger partial charge in [-0.2, -0.15) is 0 Å². The molecule has 0 aliphatic carbocycles. The average Bonchev–Trinajstić information content (AvgIpc) is 2.31. The standard InChI is InChI=1S/C17H21NO/c1-11-8-13(3)15(14(4)9-11)10-19-17-12(2)6-5-7-16(17)18/h5-9H,10,18H2,1-4H3. The van der Waals surface area contributed by atoms with Crippen molar-refractivity contribution in [3.8, 4) is 5.75 Å². The molecule has 0 aliphatic rings. The highest BCUT2D eigenvalue weighted by Crippen LogP contribution is 2.27. The summed E-state index contributed by atoms with van der Waals surface area (Å²) in [5.74, 6) is 0.793. The molecule has 2 aromatic carbocycles. The maximum atomic E-state index is 5.96. The summed E-state index contributed by atoms with van der Waals surface area (Å²) < 4.78 is 5.93. The van der Waals surface area contributed by atoms with Gasteiger partial charge in [0.1, 0.15) is 12.4 Å². The molecule has 0 heterocycles. The predicted octanol–water partition coefficient (Wildman–Crippen LogP) is 4.08. The lowest BCUT2D eigenvalue weighted by atomic mass is 10.0. The van der Waals surface area contributed by atoms with Crippen molar-refractivity contribution in [1.29, 1.82) is 0 Å². The van der Waals surface area contributed by atoms with Gasteiger partial charge < -0.3 is 10.5 Å². The van der Waals surface area contributed by atoms with Crippen LogP contribution in [0.25, 0.3) is 0 Å². The van der Waals surface area contributed by atoms with Crippen LogP contribution in [0.4, 0.5) is 5.69 Å². The number of nitrogens with two attached hydrogens (primary N) is 1. The maximum absolute atomic E-state index is 5.96. The molecule has 0 amide bonds. The summed E-state index contributed by atoms with van der Waals surface area (Å²) in [6.07, 6.45) is 0. The maximum Gasteiger partial charge on any atom is 0.145 e. The van der Waals surface area contributed by atoms with Crippen molar-refractivity contribution in [3.63, 3.8) is 0 Å². The molecule has 0 fully saturated rings. The molecule has 0 bridgehead atoms. The third-order valence-corrected chi connectivity index (χ3v) is 3.44. The summed E-state index contributed by atoms with van der Waals surface area (Å²) in [5, 5.41) is 0. The van der Waals surface area contributed by atoms with Crippen molar-refractivity contribution < 1.29 is 4.74 Å². The van der Waals surface area contributed by atoms with Gasteiger partial charge in [-0.05, 0) is 56.0 Å². The quantitative estimate of drug-likeness (QED) is 0.839. The first kappa shape index (κ1) is 13.5. The Kier molecular flexibility index (Phi) is 3.79. The number of hydrogen-bond acceptors (Lipinski definition) is 2. The van der Waals surface area contributed by atoms with Crippen molar-refractivity contribution in [3.05, 3.63) is 58.1 Å². The molecular formula is C17H21NO. The van der Waals surface area contributed by atoms with Crippen LogP contribution in [0.5, 0.6) is 5.75 Å². The lowest BCUT2D eigenvalue weighted by molar-refractivity contribution is 0.304. The molecule has 0 unspecified atom stereocenters. The number of para-hydroxylation sites is 1. The van der Waals surface area contributed by atoms with E-state index < -0.39 is 0 Å². The molecule has 0 spiro atoms. The number of benzene rings is 2. The fourth-order valence-corrected chi connectivity index (χ4v) is 2.45. The Hall–Kier alpha value is -1.96. The van der Waals surface area contributed by atoms with Crippen LogP contribution in [0, 0.1) is 27.7 Å². The number of hydrogen-bond donors (Lipinski definition) is 1. The van der Waals surface area contributed by atoms with Crippen LogP contribution in [0.1, 0.15) is 27.8 Å². The van der Waals surface area contributed by atoms with Gasteiger partial charge in [0.25, 0.3) is 0 Å². The van der Waals surface area contributed by atoms with Gasteiger partial charge in [0.15, 0.2) is 0 Å². The van der Waals surface area contributed by atoms with Crippen molar-refractivity contribution >= 4 is 5.69 Å². The van der Waals surface area contributed by atoms with E-state index in [0.29, 0.717) is 12.3 Å². The Morgan fingerprint density at radius 3 is 2.16 bits per heavy atom. The second kappa shape index (κ2) is 5.35. The summed E-state index contributed by atoms with van der Waals surface area (Å²) >= 11 is 0. The first-order chi connectivity index (χ1) is 8.99. The van der Waals surface area contributed by atoms with E-state index in [1.807, 2.05) is 25.1 Å². The molecule has 100 valence electrons. The molecule has 2 aromatic rings. The van der Waals surface area contributed by atoms with Crippen LogP contribution in [0.15, 0.2) is 30.3 Å². The highest BCUT2D eigenvalue weighted by molar-refractivity contribution is 5.56. The molecule has 0 radical (unpaired) electrons. The minimum absolute atomic E-state index is 0.563. The number of ether oxygens (including phenoxy) is 1. The van der Waals surface area contributed by atoms with Gasteiger partial charge in [-0.1, -0.05) is 29.8 Å². The molecular weight excluding hydrogens is 234 g/mol. The molecule has 0 aliphatic heterocycles. The Labute approximate surface area is 115 Å². The van der Waals surface area contributed by atoms with Crippen molar-refractivity contribution in [2.45, 2.75) is 34.3 Å². The topological polar surface area (TPSA) is 35.2 Å². The van der Waals surface area contributed by atoms with Crippen LogP contribution in [-0.4, -0.2) is 0 Å². The smallest absolute Gasteiger partial charge is 0.145 e. The Bertz CT molecular complexity index is 559. The van der Waals surface area contributed by atoms with E-state index >= 15 is 0 Å². The third-order valence-electron chi connectivity index (χ3n) is 3.44. The SMILES string of the molecule is Cc1cc(C)c(COc2c(C)cccc2N)c(C)c1. The van der Waals surface area contributed by atoms with Crippen molar-refractivity contribution in [2.75, 3.05) is 5.73 Å². The van der Waals surface area contributed by atoms with E-state index in [1.54, 1.807) is 0 Å². The average molecular weight is 255 g/mol. The molecule has 2 heteroatoms. The van der Waals surface area contributed by atoms with E-state index in [4.69, 9.17) is 10.5 Å². The van der Waals surface area contributed by atoms with Gasteiger partial charge in [-0.15, -0.1) is 0 Å². The van der Waals surface area contributed by atoms with Gasteiger partial charge >= 0.3 is 0 Å². The Morgan fingerprint density at radius 2 is 1.58 bits per heavy atom. The number of anilines is 1. The van der Waals surface area contributed by atoms with Crippen LogP contribution >= 0.6 is 0 Å². The predicted molar refractivity (Wildman–Crippen MR) is 80.6 cm³/mol. The lowest BCUT2D eigenvalue weighted by Gasteiger charge is -2.15.